The van der Waals surface area contributed by atoms with E-state index in [9.17, 15) is 9.59 Å². The summed E-state index contributed by atoms with van der Waals surface area (Å²) < 4.78 is 0. The number of hydrazine groups is 1. The van der Waals surface area contributed by atoms with Crippen LogP contribution in [-0.4, -0.2) is 11.8 Å². The summed E-state index contributed by atoms with van der Waals surface area (Å²) in [5, 5.41) is 13.2. The molecule has 0 radical (unpaired) electrons. The molecular formula is C6H4N6O2. The van der Waals surface area contributed by atoms with Gasteiger partial charge in [-0.25, -0.2) is 0 Å². The maximum absolute atomic E-state index is 10.9. The molecule has 0 atom stereocenters. The van der Waals surface area contributed by atoms with Crippen molar-refractivity contribution in [2.24, 2.45) is 20.5 Å². The normalized spacial score (nSPS) is 18.6. The summed E-state index contributed by atoms with van der Waals surface area (Å²) in [6.07, 6.45) is 2.48. The fraction of sp³-hybridized carbons (Fsp3) is 0. The van der Waals surface area contributed by atoms with Crippen LogP contribution in [0.4, 0.5) is 0 Å². The molecule has 14 heavy (non-hydrogen) atoms. The number of carbonyl (C=O) groups is 2. The van der Waals surface area contributed by atoms with Gasteiger partial charge in [0, 0.05) is 0 Å². The molecule has 0 aromatic heterocycles. The summed E-state index contributed by atoms with van der Waals surface area (Å²) in [5.41, 5.74) is 5.25. The first kappa shape index (κ1) is 8.23. The second kappa shape index (κ2) is 3.17. The minimum Gasteiger partial charge on any atom is -0.294 e. The standard InChI is InChI=1S/C6H4N6O2/c13-5-3(1-7-11-5)9-10-4-2-8-12-6(4)14/h1-2H,(H,9,11,13)(H,10,12,14). The van der Waals surface area contributed by atoms with Crippen LogP contribution in [0.15, 0.2) is 44.3 Å². The Morgan fingerprint density at radius 2 is 1.29 bits per heavy atom. The Hall–Kier alpha value is -2.38. The minimum absolute atomic E-state index is 0.158. The van der Waals surface area contributed by atoms with Crippen molar-refractivity contribution < 1.29 is 9.59 Å². The van der Waals surface area contributed by atoms with Crippen LogP contribution in [0.2, 0.25) is 0 Å². The molecule has 0 spiro atoms. The molecule has 0 saturated heterocycles. The van der Waals surface area contributed by atoms with Gasteiger partial charge in [-0.3, -0.25) is 20.4 Å². The highest BCUT2D eigenvalue weighted by Gasteiger charge is 2.16. The number of nitrogens with zero attached hydrogens (tertiary/aromatic N) is 4. The molecule has 2 N–H and O–H groups in total. The van der Waals surface area contributed by atoms with Crippen molar-refractivity contribution >= 4 is 11.8 Å². The van der Waals surface area contributed by atoms with E-state index in [-0.39, 0.29) is 11.4 Å². The van der Waals surface area contributed by atoms with Crippen molar-refractivity contribution in [1.82, 2.24) is 10.9 Å². The van der Waals surface area contributed by atoms with Crippen LogP contribution in [0.1, 0.15) is 0 Å². The molecule has 8 heteroatoms. The summed E-state index contributed by atoms with van der Waals surface area (Å²) >= 11 is 0. The quantitative estimate of drug-likeness (QED) is 0.601. The fourth-order valence-electron chi connectivity index (χ4n) is 0.802. The van der Waals surface area contributed by atoms with E-state index in [1.807, 2.05) is 0 Å². The summed E-state index contributed by atoms with van der Waals surface area (Å²) in [5.74, 6) is -1.00. The van der Waals surface area contributed by atoms with Crippen LogP contribution in [0.25, 0.3) is 0 Å². The lowest BCUT2D eigenvalue weighted by Gasteiger charge is -2.05. The van der Waals surface area contributed by atoms with Crippen LogP contribution in [-0.2, 0) is 9.59 Å². The number of rotatable bonds is 3. The molecule has 2 aliphatic heterocycles. The predicted octanol–water partition coefficient (Wildman–Crippen LogP) is -0.252. The maximum Gasteiger partial charge on any atom is 0.314 e. The highest BCUT2D eigenvalue weighted by Crippen LogP contribution is 2.05. The zero-order valence-corrected chi connectivity index (χ0v) is 6.76. The number of amides is 2. The van der Waals surface area contributed by atoms with E-state index in [0.29, 0.717) is 0 Å². The van der Waals surface area contributed by atoms with Crippen LogP contribution in [0.5, 0.6) is 0 Å². The van der Waals surface area contributed by atoms with Gasteiger partial charge in [0.15, 0.2) is 0 Å². The van der Waals surface area contributed by atoms with E-state index >= 15 is 0 Å². The minimum atomic E-state index is -0.502. The highest BCUT2D eigenvalue weighted by atomic mass is 16.2. The number of carbonyl (C=O) groups excluding carboxylic acids is 2. The van der Waals surface area contributed by atoms with Crippen LogP contribution < -0.4 is 10.9 Å². The molecule has 2 aliphatic rings. The van der Waals surface area contributed by atoms with Crippen molar-refractivity contribution in [3.63, 3.8) is 0 Å². The van der Waals surface area contributed by atoms with Gasteiger partial charge in [-0.05, 0) is 0 Å². The molecule has 8 nitrogen and oxygen atoms in total. The Bertz CT molecular complexity index is 378. The Balaban J connectivity index is 1.90. The first-order valence-corrected chi connectivity index (χ1v) is 3.60. The van der Waals surface area contributed by atoms with Crippen molar-refractivity contribution in [1.29, 1.82) is 0 Å². The second-order valence-electron chi connectivity index (χ2n) is 2.38. The molecule has 0 fully saturated rings. The average Bonchev–Trinajstić information content (AvgIpc) is 2.72. The second-order valence-corrected chi connectivity index (χ2v) is 2.38. The van der Waals surface area contributed by atoms with Crippen molar-refractivity contribution in [3.8, 4) is 0 Å². The molecule has 0 aromatic carbocycles. The third-order valence-electron chi connectivity index (χ3n) is 1.46. The Kier molecular flexibility index (Phi) is 1.86. The lowest BCUT2D eigenvalue weighted by Crippen LogP contribution is -2.34. The molecule has 0 bridgehead atoms. The smallest absolute Gasteiger partial charge is 0.294 e. The largest absolute Gasteiger partial charge is 0.314 e. The van der Waals surface area contributed by atoms with E-state index in [1.54, 1.807) is 0 Å². The Morgan fingerprint density at radius 1 is 0.857 bits per heavy atom. The Morgan fingerprint density at radius 3 is 1.57 bits per heavy atom. The molecule has 0 saturated carbocycles. The third-order valence-corrected chi connectivity index (χ3v) is 1.46. The van der Waals surface area contributed by atoms with Crippen molar-refractivity contribution in [2.75, 3.05) is 0 Å². The van der Waals surface area contributed by atoms with Gasteiger partial charge in [0.2, 0.25) is 0 Å². The van der Waals surface area contributed by atoms with Gasteiger partial charge in [-0.15, -0.1) is 10.2 Å². The van der Waals surface area contributed by atoms with Crippen LogP contribution >= 0.6 is 0 Å². The number of azo groups is 2. The van der Waals surface area contributed by atoms with Gasteiger partial charge in [-0.1, -0.05) is 0 Å². The number of hydrogen-bond donors (Lipinski definition) is 2. The first-order valence-electron chi connectivity index (χ1n) is 3.60. The third kappa shape index (κ3) is 1.40. The fourth-order valence-corrected chi connectivity index (χ4v) is 0.802. The summed E-state index contributed by atoms with van der Waals surface area (Å²) in [4.78, 5) is 21.8. The topological polar surface area (TPSA) is 108 Å². The Labute approximate surface area is 77.5 Å². The van der Waals surface area contributed by atoms with Gasteiger partial charge in [0.25, 0.3) is 0 Å². The van der Waals surface area contributed by atoms with Gasteiger partial charge in [-0.2, -0.15) is 10.2 Å². The maximum atomic E-state index is 10.9. The monoisotopic (exact) mass is 192 g/mol. The zero-order valence-electron chi connectivity index (χ0n) is 6.76. The molecular weight excluding hydrogens is 188 g/mol. The number of hydrogen-bond acceptors (Lipinski definition) is 6. The molecule has 0 aliphatic carbocycles. The summed E-state index contributed by atoms with van der Waals surface area (Å²) in [6, 6.07) is 0. The zero-order chi connectivity index (χ0) is 9.97. The van der Waals surface area contributed by atoms with E-state index in [1.165, 1.54) is 12.4 Å². The van der Waals surface area contributed by atoms with Crippen LogP contribution in [0, 0.1) is 0 Å². The van der Waals surface area contributed by atoms with Gasteiger partial charge in [0.1, 0.15) is 11.4 Å². The molecule has 0 aromatic rings. The lowest BCUT2D eigenvalue weighted by atomic mass is 10.4. The van der Waals surface area contributed by atoms with E-state index in [4.69, 9.17) is 0 Å². The van der Waals surface area contributed by atoms with E-state index in [2.05, 4.69) is 31.3 Å². The average molecular weight is 192 g/mol. The van der Waals surface area contributed by atoms with Gasteiger partial charge >= 0.3 is 11.8 Å². The first-order chi connectivity index (χ1) is 6.77. The van der Waals surface area contributed by atoms with Gasteiger partial charge in [0.05, 0.1) is 12.4 Å². The summed E-state index contributed by atoms with van der Waals surface area (Å²) in [7, 11) is 0. The lowest BCUT2D eigenvalue weighted by molar-refractivity contribution is -0.116. The molecule has 2 amide bonds. The van der Waals surface area contributed by atoms with Gasteiger partial charge < -0.3 is 0 Å². The summed E-state index contributed by atoms with van der Waals surface area (Å²) in [6.45, 7) is 0. The number of nitrogens with one attached hydrogen (secondary N) is 2. The van der Waals surface area contributed by atoms with Crippen LogP contribution in [0.3, 0.4) is 0 Å². The molecule has 2 heterocycles. The van der Waals surface area contributed by atoms with Crippen molar-refractivity contribution in [3.05, 3.63) is 23.8 Å². The highest BCUT2D eigenvalue weighted by molar-refractivity contribution is 5.96. The van der Waals surface area contributed by atoms with E-state index < -0.39 is 11.8 Å². The van der Waals surface area contributed by atoms with E-state index in [0.717, 1.165) is 0 Å². The SMILES string of the molecule is O=C1N=NC=C1NNC1=CN=NC1=O. The molecule has 2 rings (SSSR count). The predicted molar refractivity (Wildman–Crippen MR) is 42.2 cm³/mol. The molecule has 0 unspecified atom stereocenters. The molecule has 70 valence electrons. The van der Waals surface area contributed by atoms with Crippen molar-refractivity contribution in [2.45, 2.75) is 0 Å².